The molecule has 0 aliphatic carbocycles. The topological polar surface area (TPSA) is 47.3 Å². The molecule has 3 N–H and O–H groups in total. The number of halogens is 4. The number of nitrogen functional groups attached to an aromatic ring is 1. The van der Waals surface area contributed by atoms with Gasteiger partial charge < -0.3 is 15.8 Å². The second-order valence-corrected chi connectivity index (χ2v) is 5.09. The van der Waals surface area contributed by atoms with E-state index in [9.17, 15) is 13.2 Å². The first kappa shape index (κ1) is 15.5. The van der Waals surface area contributed by atoms with Crippen molar-refractivity contribution in [2.24, 2.45) is 0 Å². The van der Waals surface area contributed by atoms with Crippen molar-refractivity contribution in [3.8, 4) is 5.75 Å². The summed E-state index contributed by atoms with van der Waals surface area (Å²) in [6.45, 7) is 0. The number of benzene rings is 2. The molecule has 7 heteroatoms. The largest absolute Gasteiger partial charge is 0.495 e. The van der Waals surface area contributed by atoms with Gasteiger partial charge in [-0.15, -0.1) is 0 Å². The number of anilines is 3. The number of nitrogens with one attached hydrogen (secondary N) is 1. The predicted molar refractivity (Wildman–Crippen MR) is 79.8 cm³/mol. The molecule has 0 bridgehead atoms. The van der Waals surface area contributed by atoms with Crippen molar-refractivity contribution in [3.05, 3.63) is 46.4 Å². The average molecular weight is 361 g/mol. The van der Waals surface area contributed by atoms with Crippen LogP contribution in [0.25, 0.3) is 0 Å². The molecule has 0 heterocycles. The Kier molecular flexibility index (Phi) is 4.32. The third-order valence-corrected chi connectivity index (χ3v) is 3.54. The highest BCUT2D eigenvalue weighted by molar-refractivity contribution is 9.10. The first-order valence-corrected chi connectivity index (χ1v) is 6.68. The van der Waals surface area contributed by atoms with Crippen LogP contribution in [0.15, 0.2) is 40.9 Å². The summed E-state index contributed by atoms with van der Waals surface area (Å²) in [5.74, 6) is 0.447. The summed E-state index contributed by atoms with van der Waals surface area (Å²) in [7, 11) is 1.47. The Morgan fingerprint density at radius 2 is 1.86 bits per heavy atom. The molecule has 3 nitrogen and oxygen atoms in total. The molecule has 2 aromatic rings. The van der Waals surface area contributed by atoms with Crippen molar-refractivity contribution in [2.75, 3.05) is 18.2 Å². The molecule has 0 atom stereocenters. The molecule has 0 aliphatic rings. The fourth-order valence-electron chi connectivity index (χ4n) is 1.77. The summed E-state index contributed by atoms with van der Waals surface area (Å²) in [4.78, 5) is 0. The Morgan fingerprint density at radius 3 is 2.48 bits per heavy atom. The quantitative estimate of drug-likeness (QED) is 0.772. The Bertz CT molecular complexity index is 659. The van der Waals surface area contributed by atoms with Gasteiger partial charge >= 0.3 is 6.18 Å². The second-order valence-electron chi connectivity index (χ2n) is 4.24. The lowest BCUT2D eigenvalue weighted by atomic mass is 10.1. The van der Waals surface area contributed by atoms with Gasteiger partial charge in [0.15, 0.2) is 0 Å². The van der Waals surface area contributed by atoms with Crippen molar-refractivity contribution in [1.82, 2.24) is 0 Å². The molecule has 21 heavy (non-hydrogen) atoms. The zero-order valence-electron chi connectivity index (χ0n) is 11.0. The molecule has 0 amide bonds. The average Bonchev–Trinajstić information content (AvgIpc) is 2.42. The van der Waals surface area contributed by atoms with E-state index in [2.05, 4.69) is 21.2 Å². The van der Waals surface area contributed by atoms with Crippen molar-refractivity contribution in [2.45, 2.75) is 6.18 Å². The Balaban J connectivity index is 2.40. The molecular weight excluding hydrogens is 349 g/mol. The van der Waals surface area contributed by atoms with Gasteiger partial charge in [0.1, 0.15) is 5.75 Å². The third-order valence-electron chi connectivity index (χ3n) is 2.85. The van der Waals surface area contributed by atoms with Crippen molar-refractivity contribution in [3.63, 3.8) is 0 Å². The second kappa shape index (κ2) is 5.85. The lowest BCUT2D eigenvalue weighted by molar-refractivity contribution is -0.137. The molecule has 112 valence electrons. The first-order chi connectivity index (χ1) is 9.82. The third kappa shape index (κ3) is 3.41. The van der Waals surface area contributed by atoms with Gasteiger partial charge in [0.05, 0.1) is 29.7 Å². The minimum absolute atomic E-state index is 0.268. The van der Waals surface area contributed by atoms with Crippen LogP contribution in [0.3, 0.4) is 0 Å². The highest BCUT2D eigenvalue weighted by atomic mass is 79.9. The van der Waals surface area contributed by atoms with E-state index in [0.717, 1.165) is 12.1 Å². The van der Waals surface area contributed by atoms with E-state index in [1.54, 1.807) is 18.2 Å². The van der Waals surface area contributed by atoms with Crippen LogP contribution in [0.5, 0.6) is 5.75 Å². The molecule has 0 unspecified atom stereocenters. The van der Waals surface area contributed by atoms with E-state index in [4.69, 9.17) is 10.5 Å². The maximum Gasteiger partial charge on any atom is 0.416 e. The Morgan fingerprint density at radius 1 is 1.14 bits per heavy atom. The summed E-state index contributed by atoms with van der Waals surface area (Å²) in [5, 5.41) is 2.88. The molecule has 0 aliphatic heterocycles. The monoisotopic (exact) mass is 360 g/mol. The van der Waals surface area contributed by atoms with Crippen LogP contribution in [-0.4, -0.2) is 7.11 Å². The minimum atomic E-state index is -4.41. The molecule has 2 rings (SSSR count). The van der Waals surface area contributed by atoms with E-state index >= 15 is 0 Å². The van der Waals surface area contributed by atoms with Gasteiger partial charge in [-0.25, -0.2) is 0 Å². The van der Waals surface area contributed by atoms with Gasteiger partial charge in [-0.3, -0.25) is 0 Å². The molecular formula is C14H12BrF3N2O. The summed E-state index contributed by atoms with van der Waals surface area (Å²) in [6, 6.07) is 8.38. The summed E-state index contributed by atoms with van der Waals surface area (Å²) in [5.41, 5.74) is 6.21. The number of alkyl halides is 3. The summed E-state index contributed by atoms with van der Waals surface area (Å²) < 4.78 is 43.8. The van der Waals surface area contributed by atoms with Crippen LogP contribution in [0.2, 0.25) is 0 Å². The Hall–Kier alpha value is -1.89. The molecule has 0 spiro atoms. The highest BCUT2D eigenvalue weighted by Crippen LogP contribution is 2.37. The first-order valence-electron chi connectivity index (χ1n) is 5.89. The fraction of sp³-hybridized carbons (Fsp3) is 0.143. The van der Waals surface area contributed by atoms with Crippen LogP contribution >= 0.6 is 15.9 Å². The van der Waals surface area contributed by atoms with Crippen LogP contribution < -0.4 is 15.8 Å². The van der Waals surface area contributed by atoms with Crippen LogP contribution in [0.1, 0.15) is 5.56 Å². The molecule has 0 saturated heterocycles. The number of hydrogen-bond acceptors (Lipinski definition) is 3. The number of hydrogen-bond donors (Lipinski definition) is 2. The van der Waals surface area contributed by atoms with Crippen LogP contribution in [-0.2, 0) is 6.18 Å². The number of para-hydroxylation sites is 1. The van der Waals surface area contributed by atoms with E-state index in [1.165, 1.54) is 13.2 Å². The summed E-state index contributed by atoms with van der Waals surface area (Å²) >= 11 is 3.21. The minimum Gasteiger partial charge on any atom is -0.495 e. The Labute approximate surface area is 128 Å². The maximum atomic E-state index is 12.7. The number of nitrogens with two attached hydrogens (primary N) is 1. The maximum absolute atomic E-state index is 12.7. The van der Waals surface area contributed by atoms with E-state index in [1.807, 2.05) is 0 Å². The van der Waals surface area contributed by atoms with Gasteiger partial charge in [0.25, 0.3) is 0 Å². The lowest BCUT2D eigenvalue weighted by Gasteiger charge is -2.15. The predicted octanol–water partition coefficient (Wildman–Crippen LogP) is 4.80. The molecule has 0 aromatic heterocycles. The van der Waals surface area contributed by atoms with E-state index in [0.29, 0.717) is 21.6 Å². The highest BCUT2D eigenvalue weighted by Gasteiger charge is 2.31. The van der Waals surface area contributed by atoms with Crippen LogP contribution in [0.4, 0.5) is 30.2 Å². The van der Waals surface area contributed by atoms with Crippen molar-refractivity contribution >= 4 is 33.0 Å². The molecule has 0 fully saturated rings. The number of ether oxygens (including phenoxy) is 1. The SMILES string of the molecule is COc1cccc(Nc2cc(C(F)(F)F)ccc2Br)c1N. The molecule has 0 radical (unpaired) electrons. The number of methoxy groups -OCH3 is 1. The zero-order chi connectivity index (χ0) is 15.6. The lowest BCUT2D eigenvalue weighted by Crippen LogP contribution is -2.06. The van der Waals surface area contributed by atoms with Crippen molar-refractivity contribution in [1.29, 1.82) is 0 Å². The number of rotatable bonds is 3. The van der Waals surface area contributed by atoms with Gasteiger partial charge in [-0.05, 0) is 46.3 Å². The smallest absolute Gasteiger partial charge is 0.416 e. The van der Waals surface area contributed by atoms with Gasteiger partial charge in [0, 0.05) is 4.47 Å². The van der Waals surface area contributed by atoms with Crippen LogP contribution in [0, 0.1) is 0 Å². The normalized spacial score (nSPS) is 11.3. The molecule has 2 aromatic carbocycles. The zero-order valence-corrected chi connectivity index (χ0v) is 12.5. The van der Waals surface area contributed by atoms with E-state index in [-0.39, 0.29) is 5.69 Å². The molecule has 0 saturated carbocycles. The van der Waals surface area contributed by atoms with Gasteiger partial charge in [0.2, 0.25) is 0 Å². The van der Waals surface area contributed by atoms with Gasteiger partial charge in [-0.1, -0.05) is 6.07 Å². The van der Waals surface area contributed by atoms with Crippen molar-refractivity contribution < 1.29 is 17.9 Å². The van der Waals surface area contributed by atoms with E-state index < -0.39 is 11.7 Å². The fourth-order valence-corrected chi connectivity index (χ4v) is 2.12. The van der Waals surface area contributed by atoms with Gasteiger partial charge in [-0.2, -0.15) is 13.2 Å². The summed E-state index contributed by atoms with van der Waals surface area (Å²) in [6.07, 6.45) is -4.41. The standard InChI is InChI=1S/C14H12BrF3N2O/c1-21-12-4-2-3-10(13(12)19)20-11-7-8(14(16,17)18)5-6-9(11)15/h2-7,20H,19H2,1H3.